The van der Waals surface area contributed by atoms with Gasteiger partial charge in [0.15, 0.2) is 17.5 Å². The Morgan fingerprint density at radius 2 is 1.81 bits per heavy atom. The van der Waals surface area contributed by atoms with E-state index in [9.17, 15) is 0 Å². The number of pyridine rings is 1. The minimum atomic E-state index is -0.309. The van der Waals surface area contributed by atoms with Gasteiger partial charge in [-0.15, -0.1) is 10.2 Å². The molecule has 0 aliphatic heterocycles. The van der Waals surface area contributed by atoms with Crippen molar-refractivity contribution in [3.63, 3.8) is 0 Å². The molecule has 3 aromatic heterocycles. The first-order valence-corrected chi connectivity index (χ1v) is 8.87. The molecular weight excluding hydrogens is 340 g/mol. The summed E-state index contributed by atoms with van der Waals surface area (Å²) < 4.78 is 3.48. The van der Waals surface area contributed by atoms with Gasteiger partial charge >= 0.3 is 0 Å². The van der Waals surface area contributed by atoms with Crippen molar-refractivity contribution < 1.29 is 0 Å². The van der Waals surface area contributed by atoms with Gasteiger partial charge in [-0.2, -0.15) is 4.68 Å². The maximum atomic E-state index is 4.85. The summed E-state index contributed by atoms with van der Waals surface area (Å²) in [5.74, 6) is 2.66. The molecule has 0 amide bonds. The Balaban J connectivity index is 1.90. The molecule has 4 rings (SSSR count). The Labute approximate surface area is 156 Å². The molecule has 0 bridgehead atoms. The molecule has 0 radical (unpaired) electrons. The fraction of sp³-hybridized carbons (Fsp3) is 0.263. The molecule has 3 heterocycles. The molecule has 0 aliphatic carbocycles. The smallest absolute Gasteiger partial charge is 0.163 e. The van der Waals surface area contributed by atoms with Crippen molar-refractivity contribution >= 4 is 0 Å². The molecular formula is C19H20N8. The summed E-state index contributed by atoms with van der Waals surface area (Å²) in [5.41, 5.74) is 1.02. The van der Waals surface area contributed by atoms with Crippen LogP contribution in [0.25, 0.3) is 5.82 Å². The molecule has 8 heteroatoms. The largest absolute Gasteiger partial charge is 0.237 e. The van der Waals surface area contributed by atoms with Crippen molar-refractivity contribution in [2.24, 2.45) is 5.92 Å². The van der Waals surface area contributed by atoms with E-state index in [2.05, 4.69) is 34.4 Å². The van der Waals surface area contributed by atoms with Crippen LogP contribution < -0.4 is 0 Å². The predicted octanol–water partition coefficient (Wildman–Crippen LogP) is 2.49. The monoisotopic (exact) mass is 360 g/mol. The highest BCUT2D eigenvalue weighted by atomic mass is 15.5. The number of nitrogens with zero attached hydrogens (tertiary/aromatic N) is 8. The summed E-state index contributed by atoms with van der Waals surface area (Å²) in [6, 6.07) is 15.4. The van der Waals surface area contributed by atoms with Crippen LogP contribution in [0.5, 0.6) is 0 Å². The molecule has 0 aliphatic rings. The van der Waals surface area contributed by atoms with Crippen LogP contribution in [-0.4, -0.2) is 40.0 Å². The lowest BCUT2D eigenvalue weighted by Gasteiger charge is -2.16. The zero-order valence-corrected chi connectivity index (χ0v) is 15.2. The number of hydrogen-bond donors (Lipinski definition) is 0. The SMILES string of the molecule is CC(C)Cc1nc(C(c2ccccc2)n2cnnn2)n(-c2ccccn2)n1. The third-order valence-electron chi connectivity index (χ3n) is 4.12. The Hall–Kier alpha value is -3.42. The highest BCUT2D eigenvalue weighted by Gasteiger charge is 2.26. The minimum absolute atomic E-state index is 0.309. The standard InChI is InChI=1S/C19H20N8/c1-14(2)12-16-22-19(27(23-16)17-10-6-7-11-20-17)18(26-13-21-24-25-26)15-8-4-3-5-9-15/h3-11,13-14,18H,12H2,1-2H3. The second-order valence-electron chi connectivity index (χ2n) is 6.69. The van der Waals surface area contributed by atoms with Gasteiger partial charge in [-0.25, -0.2) is 14.6 Å². The first kappa shape index (κ1) is 17.0. The molecule has 0 saturated carbocycles. The van der Waals surface area contributed by atoms with Gasteiger partial charge in [0.05, 0.1) is 0 Å². The van der Waals surface area contributed by atoms with Gasteiger partial charge in [-0.3, -0.25) is 0 Å². The molecule has 0 N–H and O–H groups in total. The quantitative estimate of drug-likeness (QED) is 0.525. The third-order valence-corrected chi connectivity index (χ3v) is 4.12. The summed E-state index contributed by atoms with van der Waals surface area (Å²) in [5, 5.41) is 16.5. The molecule has 0 saturated heterocycles. The van der Waals surface area contributed by atoms with Gasteiger partial charge in [0.2, 0.25) is 0 Å². The van der Waals surface area contributed by atoms with Gasteiger partial charge in [0, 0.05) is 12.6 Å². The van der Waals surface area contributed by atoms with E-state index >= 15 is 0 Å². The van der Waals surface area contributed by atoms with E-state index in [0.717, 1.165) is 23.6 Å². The lowest BCUT2D eigenvalue weighted by molar-refractivity contribution is 0.532. The van der Waals surface area contributed by atoms with E-state index in [0.29, 0.717) is 11.7 Å². The topological polar surface area (TPSA) is 87.2 Å². The molecule has 0 spiro atoms. The maximum Gasteiger partial charge on any atom is 0.163 e. The molecule has 0 fully saturated rings. The van der Waals surface area contributed by atoms with Crippen LogP contribution in [0.4, 0.5) is 0 Å². The van der Waals surface area contributed by atoms with E-state index in [-0.39, 0.29) is 6.04 Å². The second kappa shape index (κ2) is 7.45. The van der Waals surface area contributed by atoms with Crippen molar-refractivity contribution in [1.82, 2.24) is 40.0 Å². The lowest BCUT2D eigenvalue weighted by atomic mass is 10.1. The molecule has 1 atom stereocenters. The number of benzene rings is 1. The van der Waals surface area contributed by atoms with Gasteiger partial charge in [-0.05, 0) is 34.0 Å². The molecule has 1 unspecified atom stereocenters. The van der Waals surface area contributed by atoms with Crippen molar-refractivity contribution in [1.29, 1.82) is 0 Å². The average Bonchev–Trinajstić information content (AvgIpc) is 3.34. The summed E-state index contributed by atoms with van der Waals surface area (Å²) in [4.78, 5) is 9.31. The number of aromatic nitrogens is 8. The zero-order valence-electron chi connectivity index (χ0n) is 15.2. The van der Waals surface area contributed by atoms with Crippen molar-refractivity contribution in [3.8, 4) is 5.82 Å². The fourth-order valence-electron chi connectivity index (χ4n) is 2.99. The Bertz CT molecular complexity index is 977. The third kappa shape index (κ3) is 3.59. The fourth-order valence-corrected chi connectivity index (χ4v) is 2.99. The highest BCUT2D eigenvalue weighted by molar-refractivity contribution is 5.30. The molecule has 27 heavy (non-hydrogen) atoms. The van der Waals surface area contributed by atoms with Crippen LogP contribution in [0, 0.1) is 5.92 Å². The molecule has 136 valence electrons. The van der Waals surface area contributed by atoms with Crippen LogP contribution in [0.2, 0.25) is 0 Å². The second-order valence-corrected chi connectivity index (χ2v) is 6.69. The van der Waals surface area contributed by atoms with Crippen LogP contribution in [0.1, 0.15) is 37.1 Å². The van der Waals surface area contributed by atoms with E-state index in [1.807, 2.05) is 48.5 Å². The van der Waals surface area contributed by atoms with Crippen molar-refractivity contribution in [2.75, 3.05) is 0 Å². The summed E-state index contributed by atoms with van der Waals surface area (Å²) >= 11 is 0. The first-order valence-electron chi connectivity index (χ1n) is 8.87. The minimum Gasteiger partial charge on any atom is -0.237 e. The van der Waals surface area contributed by atoms with Gasteiger partial charge in [0.25, 0.3) is 0 Å². The van der Waals surface area contributed by atoms with E-state index in [1.165, 1.54) is 0 Å². The molecule has 8 nitrogen and oxygen atoms in total. The summed E-state index contributed by atoms with van der Waals surface area (Å²) in [6.07, 6.45) is 4.12. The van der Waals surface area contributed by atoms with Crippen LogP contribution in [-0.2, 0) is 6.42 Å². The number of tetrazole rings is 1. The van der Waals surface area contributed by atoms with Gasteiger partial charge < -0.3 is 0 Å². The summed E-state index contributed by atoms with van der Waals surface area (Å²) in [7, 11) is 0. The first-order chi connectivity index (χ1) is 13.2. The molecule has 4 aromatic rings. The van der Waals surface area contributed by atoms with Gasteiger partial charge in [-0.1, -0.05) is 50.2 Å². The number of rotatable bonds is 6. The van der Waals surface area contributed by atoms with Crippen molar-refractivity contribution in [3.05, 3.63) is 78.3 Å². The Morgan fingerprint density at radius 3 is 2.48 bits per heavy atom. The van der Waals surface area contributed by atoms with E-state index in [1.54, 1.807) is 21.9 Å². The summed E-state index contributed by atoms with van der Waals surface area (Å²) in [6.45, 7) is 4.30. The number of hydrogen-bond acceptors (Lipinski definition) is 6. The molecule has 1 aromatic carbocycles. The maximum absolute atomic E-state index is 4.85. The van der Waals surface area contributed by atoms with E-state index < -0.39 is 0 Å². The predicted molar refractivity (Wildman–Crippen MR) is 99.2 cm³/mol. The van der Waals surface area contributed by atoms with Crippen LogP contribution in [0.15, 0.2) is 61.1 Å². The van der Waals surface area contributed by atoms with Gasteiger partial charge in [0.1, 0.15) is 12.4 Å². The van der Waals surface area contributed by atoms with Crippen LogP contribution >= 0.6 is 0 Å². The Morgan fingerprint density at radius 1 is 1.00 bits per heavy atom. The Kier molecular flexibility index (Phi) is 4.69. The van der Waals surface area contributed by atoms with E-state index in [4.69, 9.17) is 10.1 Å². The average molecular weight is 360 g/mol. The van der Waals surface area contributed by atoms with Crippen molar-refractivity contribution in [2.45, 2.75) is 26.3 Å². The lowest BCUT2D eigenvalue weighted by Crippen LogP contribution is -2.19. The van der Waals surface area contributed by atoms with Crippen LogP contribution in [0.3, 0.4) is 0 Å². The zero-order chi connectivity index (χ0) is 18.6. The highest BCUT2D eigenvalue weighted by Crippen LogP contribution is 2.26. The normalized spacial score (nSPS) is 12.4.